The maximum Gasteiger partial charge on any atom is 0.338 e. The molecule has 1 aliphatic heterocycles. The van der Waals surface area contributed by atoms with Crippen molar-refractivity contribution in [2.24, 2.45) is 5.41 Å². The first kappa shape index (κ1) is 13.3. The van der Waals surface area contributed by atoms with Crippen LogP contribution in [-0.2, 0) is 9.47 Å². The summed E-state index contributed by atoms with van der Waals surface area (Å²) in [5.41, 5.74) is 0.796. The molecule has 1 aromatic rings. The van der Waals surface area contributed by atoms with E-state index in [0.29, 0.717) is 11.0 Å². The third-order valence-corrected chi connectivity index (χ3v) is 5.63. The van der Waals surface area contributed by atoms with Gasteiger partial charge in [0.2, 0.25) is 0 Å². The molecule has 0 N–H and O–H groups in total. The van der Waals surface area contributed by atoms with Crippen LogP contribution in [0.15, 0.2) is 30.3 Å². The van der Waals surface area contributed by atoms with Crippen LogP contribution in [-0.4, -0.2) is 23.3 Å². The molecule has 0 spiro atoms. The Morgan fingerprint density at radius 3 is 2.71 bits per heavy atom. The van der Waals surface area contributed by atoms with E-state index in [1.54, 1.807) is 12.1 Å². The summed E-state index contributed by atoms with van der Waals surface area (Å²) in [5, 5.41) is 0. The number of hydrogen-bond donors (Lipinski definition) is 0. The average molecular weight is 286 g/mol. The highest BCUT2D eigenvalue weighted by Gasteiger charge is 2.79. The third kappa shape index (κ3) is 1.87. The van der Waals surface area contributed by atoms with Gasteiger partial charge in [-0.05, 0) is 49.7 Å². The zero-order valence-corrected chi connectivity index (χ0v) is 12.7. The lowest BCUT2D eigenvalue weighted by Crippen LogP contribution is -2.40. The summed E-state index contributed by atoms with van der Waals surface area (Å²) in [6.07, 6.45) is 5.17. The number of carbonyl (C=O) groups is 1. The summed E-state index contributed by atoms with van der Waals surface area (Å²) in [6.45, 7) is 4.63. The Hall–Kier alpha value is -1.35. The Bertz CT molecular complexity index is 579. The van der Waals surface area contributed by atoms with Crippen molar-refractivity contribution in [2.45, 2.75) is 63.3 Å². The summed E-state index contributed by atoms with van der Waals surface area (Å²) in [5.74, 6) is -0.217. The predicted octanol–water partition coefficient (Wildman–Crippen LogP) is 3.72. The van der Waals surface area contributed by atoms with E-state index in [0.717, 1.165) is 32.1 Å². The normalized spacial score (nSPS) is 39.2. The summed E-state index contributed by atoms with van der Waals surface area (Å²) in [4.78, 5) is 12.3. The van der Waals surface area contributed by atoms with Crippen LogP contribution in [0.2, 0.25) is 0 Å². The first-order valence-electron chi connectivity index (χ1n) is 7.93. The molecule has 3 atom stereocenters. The maximum absolute atomic E-state index is 12.3. The fourth-order valence-corrected chi connectivity index (χ4v) is 4.57. The molecule has 0 amide bonds. The van der Waals surface area contributed by atoms with Crippen LogP contribution in [0.1, 0.15) is 56.3 Å². The Balaban J connectivity index is 1.51. The molecule has 3 nitrogen and oxygen atoms in total. The number of ether oxygens (including phenoxy) is 2. The van der Waals surface area contributed by atoms with Crippen molar-refractivity contribution in [1.82, 2.24) is 0 Å². The van der Waals surface area contributed by atoms with E-state index in [-0.39, 0.29) is 23.3 Å². The Morgan fingerprint density at radius 2 is 1.95 bits per heavy atom. The van der Waals surface area contributed by atoms with E-state index in [4.69, 9.17) is 9.47 Å². The van der Waals surface area contributed by atoms with E-state index >= 15 is 0 Å². The van der Waals surface area contributed by atoms with Crippen LogP contribution < -0.4 is 0 Å². The molecule has 0 aromatic heterocycles. The molecular weight excluding hydrogens is 264 g/mol. The minimum Gasteiger partial charge on any atom is -0.456 e. The number of epoxide rings is 1. The molecule has 0 bridgehead atoms. The zero-order chi connectivity index (χ0) is 14.7. The first-order valence-corrected chi connectivity index (χ1v) is 7.93. The molecule has 2 aliphatic carbocycles. The van der Waals surface area contributed by atoms with Crippen LogP contribution >= 0.6 is 0 Å². The van der Waals surface area contributed by atoms with Gasteiger partial charge in [0.25, 0.3) is 0 Å². The van der Waals surface area contributed by atoms with Gasteiger partial charge in [0.1, 0.15) is 17.3 Å². The van der Waals surface area contributed by atoms with E-state index in [9.17, 15) is 4.79 Å². The first-order chi connectivity index (χ1) is 9.97. The number of rotatable bonds is 2. The number of carbonyl (C=O) groups excluding carboxylic acids is 1. The van der Waals surface area contributed by atoms with Crippen molar-refractivity contribution in [2.75, 3.05) is 0 Å². The molecule has 3 aliphatic rings. The van der Waals surface area contributed by atoms with Gasteiger partial charge < -0.3 is 9.47 Å². The second-order valence-corrected chi connectivity index (χ2v) is 7.63. The van der Waals surface area contributed by atoms with Crippen molar-refractivity contribution in [3.8, 4) is 0 Å². The predicted molar refractivity (Wildman–Crippen MR) is 79.1 cm³/mol. The third-order valence-electron chi connectivity index (χ3n) is 5.63. The highest BCUT2D eigenvalue weighted by atomic mass is 16.7. The van der Waals surface area contributed by atoms with Crippen molar-refractivity contribution in [1.29, 1.82) is 0 Å². The topological polar surface area (TPSA) is 38.8 Å². The average Bonchev–Trinajstić information content (AvgIpc) is 3.03. The van der Waals surface area contributed by atoms with Crippen molar-refractivity contribution >= 4 is 5.97 Å². The largest absolute Gasteiger partial charge is 0.456 e. The minimum atomic E-state index is -0.217. The smallest absolute Gasteiger partial charge is 0.338 e. The van der Waals surface area contributed by atoms with Gasteiger partial charge in [0.15, 0.2) is 0 Å². The number of benzene rings is 1. The molecule has 0 unspecified atom stereocenters. The molecular formula is C18H22O3. The fraction of sp³-hybridized carbons (Fsp3) is 0.611. The van der Waals surface area contributed by atoms with Gasteiger partial charge in [-0.25, -0.2) is 4.79 Å². The van der Waals surface area contributed by atoms with Crippen molar-refractivity contribution in [3.05, 3.63) is 35.9 Å². The van der Waals surface area contributed by atoms with E-state index in [1.807, 2.05) is 18.2 Å². The molecule has 3 fully saturated rings. The van der Waals surface area contributed by atoms with Crippen molar-refractivity contribution in [3.63, 3.8) is 0 Å². The summed E-state index contributed by atoms with van der Waals surface area (Å²) < 4.78 is 12.0. The van der Waals surface area contributed by atoms with Gasteiger partial charge in [0, 0.05) is 0 Å². The Kier molecular flexibility index (Phi) is 2.60. The Labute approximate surface area is 125 Å². The summed E-state index contributed by atoms with van der Waals surface area (Å²) in [6, 6.07) is 9.25. The quantitative estimate of drug-likeness (QED) is 0.614. The van der Waals surface area contributed by atoms with E-state index in [2.05, 4.69) is 13.8 Å². The van der Waals surface area contributed by atoms with E-state index in [1.165, 1.54) is 0 Å². The van der Waals surface area contributed by atoms with Gasteiger partial charge in [0.05, 0.1) is 5.56 Å². The second kappa shape index (κ2) is 4.10. The minimum absolute atomic E-state index is 0.00359. The standard InChI is InChI=1S/C18H22O3/c1-16(2)10-11-18-14(8-9-17(18,12-16)21-18)20-15(19)13-6-4-3-5-7-13/h3-7,14H,8-12H2,1-2H3/t14-,17-,18-/m1/s1. The molecule has 4 rings (SSSR count). The zero-order valence-electron chi connectivity index (χ0n) is 12.7. The fourth-order valence-electron chi connectivity index (χ4n) is 4.57. The molecule has 0 radical (unpaired) electrons. The highest BCUT2D eigenvalue weighted by Crippen LogP contribution is 2.70. The van der Waals surface area contributed by atoms with Gasteiger partial charge in [-0.3, -0.25) is 0 Å². The van der Waals surface area contributed by atoms with Crippen LogP contribution in [0.5, 0.6) is 0 Å². The molecule has 2 saturated carbocycles. The SMILES string of the molecule is CC1(C)CC[C@]23O[C@]2(CC[C@H]3OC(=O)c2ccccc2)C1. The van der Waals surface area contributed by atoms with E-state index < -0.39 is 0 Å². The van der Waals surface area contributed by atoms with Crippen molar-refractivity contribution < 1.29 is 14.3 Å². The molecule has 1 heterocycles. The molecule has 21 heavy (non-hydrogen) atoms. The van der Waals surface area contributed by atoms with Gasteiger partial charge in [-0.2, -0.15) is 0 Å². The van der Waals surface area contributed by atoms with Crippen LogP contribution in [0.4, 0.5) is 0 Å². The molecule has 1 saturated heterocycles. The molecule has 1 aromatic carbocycles. The number of hydrogen-bond acceptors (Lipinski definition) is 3. The lowest BCUT2D eigenvalue weighted by molar-refractivity contribution is -0.000512. The maximum atomic E-state index is 12.3. The van der Waals surface area contributed by atoms with Crippen LogP contribution in [0.3, 0.4) is 0 Å². The molecule has 112 valence electrons. The monoisotopic (exact) mass is 286 g/mol. The van der Waals surface area contributed by atoms with Gasteiger partial charge in [-0.15, -0.1) is 0 Å². The van der Waals surface area contributed by atoms with Gasteiger partial charge >= 0.3 is 5.97 Å². The summed E-state index contributed by atoms with van der Waals surface area (Å²) >= 11 is 0. The van der Waals surface area contributed by atoms with Gasteiger partial charge in [-0.1, -0.05) is 32.0 Å². The molecule has 3 heteroatoms. The summed E-state index contributed by atoms with van der Waals surface area (Å²) in [7, 11) is 0. The van der Waals surface area contributed by atoms with Crippen LogP contribution in [0.25, 0.3) is 0 Å². The second-order valence-electron chi connectivity index (χ2n) is 7.63. The van der Waals surface area contributed by atoms with Crippen LogP contribution in [0, 0.1) is 5.41 Å². The Morgan fingerprint density at radius 1 is 1.19 bits per heavy atom. The lowest BCUT2D eigenvalue weighted by Gasteiger charge is -2.34. The lowest BCUT2D eigenvalue weighted by atomic mass is 9.68. The number of esters is 1. The highest BCUT2D eigenvalue weighted by molar-refractivity contribution is 5.89.